The lowest BCUT2D eigenvalue weighted by atomic mass is 10.0. The fraction of sp³-hybridized carbons (Fsp3) is 0.900. The van der Waals surface area contributed by atoms with Gasteiger partial charge >= 0.3 is 0 Å². The summed E-state index contributed by atoms with van der Waals surface area (Å²) in [6, 6.07) is -0.829. The molecule has 0 heterocycles. The number of hydrogen-bond donors (Lipinski definition) is 4. The first kappa shape index (κ1) is 53.8. The highest BCUT2D eigenvalue weighted by molar-refractivity contribution is 5.76. The van der Waals surface area contributed by atoms with E-state index in [2.05, 4.69) is 43.5 Å². The van der Waals surface area contributed by atoms with Crippen molar-refractivity contribution in [3.05, 3.63) is 24.3 Å². The molecule has 5 heteroatoms. The number of aliphatic hydroxyl groups excluding tert-OH is 3. The predicted molar refractivity (Wildman–Crippen MR) is 241 cm³/mol. The lowest BCUT2D eigenvalue weighted by Gasteiger charge is -2.26. The van der Waals surface area contributed by atoms with Crippen molar-refractivity contribution in [3.63, 3.8) is 0 Å². The third-order valence-electron chi connectivity index (χ3n) is 11.5. The summed E-state index contributed by atoms with van der Waals surface area (Å²) in [6.45, 7) is 4.19. The average Bonchev–Trinajstić information content (AvgIpc) is 3.19. The standard InChI is InChI=1S/C50H97NO4/c1-3-5-7-9-11-13-15-17-19-21-23-24-25-26-27-28-30-32-34-36-38-40-42-44-48(53)50(55)47(46-52)51-49(54)45-43-41-39-37-35-33-31-29-22-20-18-16-14-12-10-8-6-4-2/h29,31,36,38,47-48,50,52-53,55H,3-28,30,32-35,37,39-46H2,1-2H3,(H,51,54)/b31-29-,38-36+. The summed E-state index contributed by atoms with van der Waals surface area (Å²) in [5.74, 6) is -0.160. The average molecular weight is 776 g/mol. The summed E-state index contributed by atoms with van der Waals surface area (Å²) < 4.78 is 0. The van der Waals surface area contributed by atoms with E-state index in [0.717, 1.165) is 44.9 Å². The van der Waals surface area contributed by atoms with Gasteiger partial charge < -0.3 is 20.6 Å². The van der Waals surface area contributed by atoms with Crippen molar-refractivity contribution in [2.24, 2.45) is 0 Å². The molecule has 1 amide bonds. The number of unbranched alkanes of at least 4 members (excludes halogenated alkanes) is 33. The quantitative estimate of drug-likeness (QED) is 0.0366. The second-order valence-corrected chi connectivity index (χ2v) is 17.0. The molecular formula is C50H97NO4. The minimum Gasteiger partial charge on any atom is -0.394 e. The normalized spacial score (nSPS) is 13.6. The van der Waals surface area contributed by atoms with Crippen LogP contribution in [0.15, 0.2) is 24.3 Å². The van der Waals surface area contributed by atoms with Crippen molar-refractivity contribution in [1.82, 2.24) is 5.32 Å². The minimum atomic E-state index is -1.16. The van der Waals surface area contributed by atoms with Gasteiger partial charge in [-0.25, -0.2) is 0 Å². The van der Waals surface area contributed by atoms with Gasteiger partial charge in [0.15, 0.2) is 0 Å². The van der Waals surface area contributed by atoms with Gasteiger partial charge in [0.1, 0.15) is 6.10 Å². The number of nitrogens with one attached hydrogen (secondary N) is 1. The molecule has 0 aromatic heterocycles. The number of rotatable bonds is 45. The Kier molecular flexibility index (Phi) is 44.6. The Morgan fingerprint density at radius 1 is 0.436 bits per heavy atom. The Labute approximate surface area is 343 Å². The fourth-order valence-electron chi connectivity index (χ4n) is 7.69. The Hall–Kier alpha value is -1.17. The molecule has 0 aliphatic heterocycles. The highest BCUT2D eigenvalue weighted by Gasteiger charge is 2.26. The van der Waals surface area contributed by atoms with E-state index in [1.807, 2.05) is 0 Å². The van der Waals surface area contributed by atoms with Crippen LogP contribution in [0.5, 0.6) is 0 Å². The van der Waals surface area contributed by atoms with Crippen LogP contribution in [-0.4, -0.2) is 46.1 Å². The van der Waals surface area contributed by atoms with Crippen LogP contribution in [0.2, 0.25) is 0 Å². The molecule has 0 rings (SSSR count). The minimum absolute atomic E-state index is 0.160. The molecule has 0 aromatic rings. The van der Waals surface area contributed by atoms with E-state index in [9.17, 15) is 20.1 Å². The zero-order chi connectivity index (χ0) is 40.1. The van der Waals surface area contributed by atoms with Gasteiger partial charge in [-0.05, 0) is 64.2 Å². The van der Waals surface area contributed by atoms with Gasteiger partial charge in [-0.1, -0.05) is 218 Å². The van der Waals surface area contributed by atoms with Crippen molar-refractivity contribution in [3.8, 4) is 0 Å². The van der Waals surface area contributed by atoms with Gasteiger partial charge in [0, 0.05) is 6.42 Å². The molecule has 0 bridgehead atoms. The van der Waals surface area contributed by atoms with Crippen LogP contribution in [0.4, 0.5) is 0 Å². The number of aliphatic hydroxyl groups is 3. The molecular weight excluding hydrogens is 679 g/mol. The first-order valence-corrected chi connectivity index (χ1v) is 24.6. The van der Waals surface area contributed by atoms with Crippen LogP contribution in [0.3, 0.4) is 0 Å². The molecule has 0 saturated carbocycles. The molecule has 3 unspecified atom stereocenters. The maximum absolute atomic E-state index is 12.4. The van der Waals surface area contributed by atoms with Crippen LogP contribution >= 0.6 is 0 Å². The number of allylic oxidation sites excluding steroid dienone is 4. The van der Waals surface area contributed by atoms with E-state index in [1.54, 1.807) is 0 Å². The molecule has 4 N–H and O–H groups in total. The summed E-state index contributed by atoms with van der Waals surface area (Å²) in [4.78, 5) is 12.4. The molecule has 0 saturated heterocycles. The fourth-order valence-corrected chi connectivity index (χ4v) is 7.69. The molecule has 3 atom stereocenters. The first-order valence-electron chi connectivity index (χ1n) is 24.6. The largest absolute Gasteiger partial charge is 0.394 e. The number of hydrogen-bond acceptors (Lipinski definition) is 4. The van der Waals surface area contributed by atoms with Gasteiger partial charge in [0.2, 0.25) is 5.91 Å². The van der Waals surface area contributed by atoms with E-state index < -0.39 is 18.2 Å². The SMILES string of the molecule is CCCCCCCCCCC/C=C\CCCCCCCC(=O)NC(CO)C(O)C(O)CCC/C=C/CCCCCCCCCCCCCCCCCCCC. The van der Waals surface area contributed by atoms with E-state index in [-0.39, 0.29) is 12.5 Å². The van der Waals surface area contributed by atoms with Gasteiger partial charge in [-0.15, -0.1) is 0 Å². The van der Waals surface area contributed by atoms with E-state index in [4.69, 9.17) is 0 Å². The number of carbonyl (C=O) groups excluding carboxylic acids is 1. The van der Waals surface area contributed by atoms with Crippen molar-refractivity contribution < 1.29 is 20.1 Å². The smallest absolute Gasteiger partial charge is 0.220 e. The van der Waals surface area contributed by atoms with Gasteiger partial charge in [0.05, 0.1) is 18.8 Å². The topological polar surface area (TPSA) is 89.8 Å². The second kappa shape index (κ2) is 45.5. The highest BCUT2D eigenvalue weighted by Crippen LogP contribution is 2.16. The maximum atomic E-state index is 12.4. The van der Waals surface area contributed by atoms with E-state index in [1.165, 1.54) is 193 Å². The second-order valence-electron chi connectivity index (χ2n) is 17.0. The number of amides is 1. The maximum Gasteiger partial charge on any atom is 0.220 e. The van der Waals surface area contributed by atoms with E-state index >= 15 is 0 Å². The van der Waals surface area contributed by atoms with Crippen LogP contribution in [0, 0.1) is 0 Å². The molecule has 0 aliphatic carbocycles. The van der Waals surface area contributed by atoms with Crippen LogP contribution in [-0.2, 0) is 4.79 Å². The van der Waals surface area contributed by atoms with Gasteiger partial charge in [-0.3, -0.25) is 4.79 Å². The lowest BCUT2D eigenvalue weighted by Crippen LogP contribution is -2.50. The monoisotopic (exact) mass is 776 g/mol. The molecule has 0 aliphatic rings. The summed E-state index contributed by atoms with van der Waals surface area (Å²) in [7, 11) is 0. The zero-order valence-electron chi connectivity index (χ0n) is 37.1. The van der Waals surface area contributed by atoms with Crippen molar-refractivity contribution in [1.29, 1.82) is 0 Å². The Morgan fingerprint density at radius 2 is 0.727 bits per heavy atom. The summed E-state index contributed by atoms with van der Waals surface area (Å²) >= 11 is 0. The first-order chi connectivity index (χ1) is 27.1. The predicted octanol–water partition coefficient (Wildman–Crippen LogP) is 14.6. The summed E-state index contributed by atoms with van der Waals surface area (Å²) in [6.07, 6.45) is 55.9. The number of carbonyl (C=O) groups is 1. The van der Waals surface area contributed by atoms with Crippen LogP contribution < -0.4 is 5.32 Å². The molecule has 5 nitrogen and oxygen atoms in total. The molecule has 0 aromatic carbocycles. The van der Waals surface area contributed by atoms with E-state index in [0.29, 0.717) is 12.8 Å². The molecule has 326 valence electrons. The van der Waals surface area contributed by atoms with Crippen LogP contribution in [0.1, 0.15) is 264 Å². The summed E-state index contributed by atoms with van der Waals surface area (Å²) in [5, 5.41) is 33.6. The molecule has 0 radical (unpaired) electrons. The summed E-state index contributed by atoms with van der Waals surface area (Å²) in [5.41, 5.74) is 0. The third kappa shape index (κ3) is 40.8. The Balaban J connectivity index is 3.62. The molecule has 0 spiro atoms. The molecule has 0 fully saturated rings. The lowest BCUT2D eigenvalue weighted by molar-refractivity contribution is -0.124. The van der Waals surface area contributed by atoms with Gasteiger partial charge in [0.25, 0.3) is 0 Å². The van der Waals surface area contributed by atoms with Crippen LogP contribution in [0.25, 0.3) is 0 Å². The third-order valence-corrected chi connectivity index (χ3v) is 11.5. The van der Waals surface area contributed by atoms with Crippen molar-refractivity contribution in [2.75, 3.05) is 6.61 Å². The Morgan fingerprint density at radius 3 is 1.05 bits per heavy atom. The van der Waals surface area contributed by atoms with Crippen molar-refractivity contribution in [2.45, 2.75) is 283 Å². The Bertz CT molecular complexity index is 814. The molecule has 55 heavy (non-hydrogen) atoms. The van der Waals surface area contributed by atoms with Gasteiger partial charge in [-0.2, -0.15) is 0 Å². The van der Waals surface area contributed by atoms with Crippen molar-refractivity contribution >= 4 is 5.91 Å². The highest BCUT2D eigenvalue weighted by atomic mass is 16.3. The zero-order valence-corrected chi connectivity index (χ0v) is 37.1.